The number of aliphatic hydroxyl groups excluding tert-OH is 1. The van der Waals surface area contributed by atoms with Crippen molar-refractivity contribution in [2.24, 2.45) is 5.92 Å². The number of carbonyl (C=O) groups excluding carboxylic acids is 1. The molecule has 1 rings (SSSR count). The van der Waals surface area contributed by atoms with E-state index in [1.54, 1.807) is 18.3 Å². The van der Waals surface area contributed by atoms with Crippen molar-refractivity contribution in [3.05, 3.63) is 23.5 Å². The van der Waals surface area contributed by atoms with Crippen LogP contribution < -0.4 is 10.6 Å². The normalized spacial score (nSPS) is 12.3. The number of nitrogens with zero attached hydrogens (tertiary/aromatic N) is 1. The van der Waals surface area contributed by atoms with E-state index < -0.39 is 6.10 Å². The molecule has 0 radical (unpaired) electrons. The van der Waals surface area contributed by atoms with E-state index in [4.69, 9.17) is 11.6 Å². The average molecular weight is 272 g/mol. The molecule has 1 aromatic rings. The molecular formula is C12H18ClN3O2. The lowest BCUT2D eigenvalue weighted by atomic mass is 10.0. The van der Waals surface area contributed by atoms with Gasteiger partial charge in [0.05, 0.1) is 11.8 Å². The predicted molar refractivity (Wildman–Crippen MR) is 71.7 cm³/mol. The number of carbonyl (C=O) groups is 1. The summed E-state index contributed by atoms with van der Waals surface area (Å²) in [5, 5.41) is 15.1. The van der Waals surface area contributed by atoms with E-state index in [0.717, 1.165) is 0 Å². The Kier molecular flexibility index (Phi) is 5.88. The maximum atomic E-state index is 11.5. The number of amides is 2. The van der Waals surface area contributed by atoms with Crippen LogP contribution in [0.25, 0.3) is 0 Å². The Balaban J connectivity index is 2.33. The number of aliphatic hydroxyl groups is 1. The highest BCUT2D eigenvalue weighted by atomic mass is 35.5. The fourth-order valence-electron chi connectivity index (χ4n) is 1.31. The summed E-state index contributed by atoms with van der Waals surface area (Å²) in [5.41, 5.74) is 0.459. The molecule has 18 heavy (non-hydrogen) atoms. The standard InChI is InChI=1S/C12H18ClN3O2/c1-8(2)10(17)5-7-15-12(18)16-9-4-3-6-14-11(9)13/h3-4,6,8,10,17H,5,7H2,1-2H3,(H2,15,16,18). The van der Waals surface area contributed by atoms with Crippen LogP contribution >= 0.6 is 11.6 Å². The Morgan fingerprint density at radius 3 is 2.89 bits per heavy atom. The molecule has 0 bridgehead atoms. The first kappa shape index (κ1) is 14.7. The monoisotopic (exact) mass is 271 g/mol. The SMILES string of the molecule is CC(C)C(O)CCNC(=O)Nc1cccnc1Cl. The second-order valence-electron chi connectivity index (χ2n) is 4.32. The zero-order valence-corrected chi connectivity index (χ0v) is 11.2. The average Bonchev–Trinajstić information content (AvgIpc) is 2.32. The molecule has 0 spiro atoms. The summed E-state index contributed by atoms with van der Waals surface area (Å²) < 4.78 is 0. The van der Waals surface area contributed by atoms with Crippen LogP contribution in [0.2, 0.25) is 5.15 Å². The van der Waals surface area contributed by atoms with Crippen LogP contribution in [0, 0.1) is 5.92 Å². The molecule has 0 aliphatic heterocycles. The second kappa shape index (κ2) is 7.18. The van der Waals surface area contributed by atoms with Crippen molar-refractivity contribution >= 4 is 23.3 Å². The molecule has 0 aliphatic carbocycles. The zero-order valence-electron chi connectivity index (χ0n) is 10.5. The quantitative estimate of drug-likeness (QED) is 0.719. The third-order valence-electron chi connectivity index (χ3n) is 2.50. The van der Waals surface area contributed by atoms with Gasteiger partial charge in [0.25, 0.3) is 0 Å². The van der Waals surface area contributed by atoms with Crippen molar-refractivity contribution in [1.82, 2.24) is 10.3 Å². The van der Waals surface area contributed by atoms with Gasteiger partial charge in [0, 0.05) is 12.7 Å². The number of nitrogens with one attached hydrogen (secondary N) is 2. The lowest BCUT2D eigenvalue weighted by Gasteiger charge is -2.14. The summed E-state index contributed by atoms with van der Waals surface area (Å²) >= 11 is 5.80. The van der Waals surface area contributed by atoms with Crippen LogP contribution in [0.15, 0.2) is 18.3 Å². The molecule has 3 N–H and O–H groups in total. The van der Waals surface area contributed by atoms with Crippen molar-refractivity contribution < 1.29 is 9.90 Å². The van der Waals surface area contributed by atoms with Gasteiger partial charge in [-0.25, -0.2) is 9.78 Å². The highest BCUT2D eigenvalue weighted by Gasteiger charge is 2.10. The van der Waals surface area contributed by atoms with E-state index in [-0.39, 0.29) is 17.1 Å². The molecule has 2 amide bonds. The molecule has 0 saturated heterocycles. The first-order chi connectivity index (χ1) is 8.50. The Morgan fingerprint density at radius 2 is 2.28 bits per heavy atom. The third kappa shape index (κ3) is 4.89. The highest BCUT2D eigenvalue weighted by molar-refractivity contribution is 6.32. The minimum Gasteiger partial charge on any atom is -0.393 e. The first-order valence-electron chi connectivity index (χ1n) is 5.84. The van der Waals surface area contributed by atoms with Crippen LogP contribution in [-0.4, -0.2) is 28.8 Å². The molecule has 100 valence electrons. The summed E-state index contributed by atoms with van der Waals surface area (Å²) in [7, 11) is 0. The Morgan fingerprint density at radius 1 is 1.56 bits per heavy atom. The predicted octanol–water partition coefficient (Wildman–Crippen LogP) is 2.26. The van der Waals surface area contributed by atoms with Gasteiger partial charge in [-0.3, -0.25) is 0 Å². The molecule has 1 heterocycles. The molecule has 1 atom stereocenters. The van der Waals surface area contributed by atoms with Crippen molar-refractivity contribution in [1.29, 1.82) is 0 Å². The fourth-order valence-corrected chi connectivity index (χ4v) is 1.48. The molecule has 1 aromatic heterocycles. The molecule has 5 nitrogen and oxygen atoms in total. The van der Waals surface area contributed by atoms with Gasteiger partial charge in [-0.1, -0.05) is 25.4 Å². The number of rotatable bonds is 5. The molecule has 6 heteroatoms. The Hall–Kier alpha value is -1.33. The van der Waals surface area contributed by atoms with E-state index in [1.807, 2.05) is 13.8 Å². The minimum atomic E-state index is -0.410. The van der Waals surface area contributed by atoms with Crippen LogP contribution in [0.3, 0.4) is 0 Å². The fraction of sp³-hybridized carbons (Fsp3) is 0.500. The number of halogens is 1. The van der Waals surface area contributed by atoms with Crippen molar-refractivity contribution in [2.45, 2.75) is 26.4 Å². The maximum Gasteiger partial charge on any atom is 0.319 e. The molecular weight excluding hydrogens is 254 g/mol. The van der Waals surface area contributed by atoms with E-state index in [2.05, 4.69) is 15.6 Å². The van der Waals surface area contributed by atoms with Gasteiger partial charge in [0.15, 0.2) is 5.15 Å². The Labute approximate surface area is 112 Å². The van der Waals surface area contributed by atoms with Gasteiger partial charge < -0.3 is 15.7 Å². The Bertz CT molecular complexity index is 399. The maximum absolute atomic E-state index is 11.5. The highest BCUT2D eigenvalue weighted by Crippen LogP contribution is 2.16. The van der Waals surface area contributed by atoms with E-state index in [0.29, 0.717) is 18.7 Å². The van der Waals surface area contributed by atoms with Gasteiger partial charge in [0.2, 0.25) is 0 Å². The summed E-state index contributed by atoms with van der Waals surface area (Å²) in [5.74, 6) is 0.183. The van der Waals surface area contributed by atoms with Gasteiger partial charge in [-0.15, -0.1) is 0 Å². The summed E-state index contributed by atoms with van der Waals surface area (Å²) in [6.07, 6.45) is 1.66. The second-order valence-corrected chi connectivity index (χ2v) is 4.68. The topological polar surface area (TPSA) is 74.2 Å². The van der Waals surface area contributed by atoms with Gasteiger partial charge in [0.1, 0.15) is 0 Å². The molecule has 0 saturated carbocycles. The smallest absolute Gasteiger partial charge is 0.319 e. The van der Waals surface area contributed by atoms with E-state index in [1.165, 1.54) is 0 Å². The van der Waals surface area contributed by atoms with Crippen LogP contribution in [-0.2, 0) is 0 Å². The number of hydrogen-bond donors (Lipinski definition) is 3. The van der Waals surface area contributed by atoms with Crippen LogP contribution in [0.5, 0.6) is 0 Å². The van der Waals surface area contributed by atoms with Crippen LogP contribution in [0.1, 0.15) is 20.3 Å². The summed E-state index contributed by atoms with van der Waals surface area (Å²) in [4.78, 5) is 15.4. The van der Waals surface area contributed by atoms with E-state index >= 15 is 0 Å². The molecule has 0 fully saturated rings. The lowest BCUT2D eigenvalue weighted by molar-refractivity contribution is 0.117. The summed E-state index contributed by atoms with van der Waals surface area (Å²) in [6, 6.07) is 2.99. The number of aromatic nitrogens is 1. The lowest BCUT2D eigenvalue weighted by Crippen LogP contribution is -2.32. The molecule has 0 aliphatic rings. The summed E-state index contributed by atoms with van der Waals surface area (Å²) in [6.45, 7) is 4.27. The zero-order chi connectivity index (χ0) is 13.5. The van der Waals surface area contributed by atoms with Gasteiger partial charge in [-0.2, -0.15) is 0 Å². The largest absolute Gasteiger partial charge is 0.393 e. The van der Waals surface area contributed by atoms with Gasteiger partial charge >= 0.3 is 6.03 Å². The molecule has 1 unspecified atom stereocenters. The van der Waals surface area contributed by atoms with Crippen molar-refractivity contribution in [3.8, 4) is 0 Å². The van der Waals surface area contributed by atoms with Gasteiger partial charge in [-0.05, 0) is 24.5 Å². The third-order valence-corrected chi connectivity index (χ3v) is 2.80. The molecule has 0 aromatic carbocycles. The van der Waals surface area contributed by atoms with E-state index in [9.17, 15) is 9.90 Å². The number of hydrogen-bond acceptors (Lipinski definition) is 3. The minimum absolute atomic E-state index is 0.183. The number of urea groups is 1. The van der Waals surface area contributed by atoms with Crippen molar-refractivity contribution in [3.63, 3.8) is 0 Å². The number of anilines is 1. The first-order valence-corrected chi connectivity index (χ1v) is 6.22. The number of pyridine rings is 1. The van der Waals surface area contributed by atoms with Crippen molar-refractivity contribution in [2.75, 3.05) is 11.9 Å². The van der Waals surface area contributed by atoms with Crippen LogP contribution in [0.4, 0.5) is 10.5 Å².